The molecule has 0 aliphatic heterocycles. The van der Waals surface area contributed by atoms with Gasteiger partial charge in [-0.3, -0.25) is 4.79 Å². The number of hydrogen-bond donors (Lipinski definition) is 2. The maximum atomic E-state index is 12.2. The Balaban J connectivity index is 1.49. The maximum Gasteiger partial charge on any atom is 0.271 e. The van der Waals surface area contributed by atoms with Crippen LogP contribution in [0.15, 0.2) is 60.9 Å². The number of benzene rings is 2. The van der Waals surface area contributed by atoms with Crippen molar-refractivity contribution in [1.82, 2.24) is 15.3 Å². The summed E-state index contributed by atoms with van der Waals surface area (Å²) < 4.78 is 0. The van der Waals surface area contributed by atoms with Gasteiger partial charge in [-0.1, -0.05) is 48.0 Å². The Morgan fingerprint density at radius 3 is 2.67 bits per heavy atom. The molecule has 0 atom stereocenters. The summed E-state index contributed by atoms with van der Waals surface area (Å²) in [7, 11) is 0. The summed E-state index contributed by atoms with van der Waals surface area (Å²) >= 11 is 5.98. The summed E-state index contributed by atoms with van der Waals surface area (Å²) in [6.45, 7) is 3.19. The first-order valence-corrected chi connectivity index (χ1v) is 9.12. The SMILES string of the molecule is Cc1ccccc1CNC(=O)c1cnc(NCCc2cccc(Cl)c2)cn1. The third-order valence-electron chi connectivity index (χ3n) is 4.19. The fourth-order valence-corrected chi connectivity index (χ4v) is 2.85. The second kappa shape index (κ2) is 9.14. The van der Waals surface area contributed by atoms with Crippen LogP contribution in [0.25, 0.3) is 0 Å². The lowest BCUT2D eigenvalue weighted by Gasteiger charge is -2.08. The molecule has 2 aromatic carbocycles. The maximum absolute atomic E-state index is 12.2. The van der Waals surface area contributed by atoms with Gasteiger partial charge in [0.2, 0.25) is 0 Å². The van der Waals surface area contributed by atoms with Crippen molar-refractivity contribution in [3.63, 3.8) is 0 Å². The largest absolute Gasteiger partial charge is 0.368 e. The van der Waals surface area contributed by atoms with Gasteiger partial charge in [-0.15, -0.1) is 0 Å². The Morgan fingerprint density at radius 1 is 1.07 bits per heavy atom. The Morgan fingerprint density at radius 2 is 1.93 bits per heavy atom. The molecule has 27 heavy (non-hydrogen) atoms. The zero-order valence-corrected chi connectivity index (χ0v) is 15.8. The van der Waals surface area contributed by atoms with E-state index in [0.717, 1.165) is 28.1 Å². The van der Waals surface area contributed by atoms with E-state index in [2.05, 4.69) is 20.6 Å². The molecule has 0 spiro atoms. The summed E-state index contributed by atoms with van der Waals surface area (Å²) in [6, 6.07) is 15.7. The smallest absolute Gasteiger partial charge is 0.271 e. The topological polar surface area (TPSA) is 66.9 Å². The lowest BCUT2D eigenvalue weighted by Crippen LogP contribution is -2.24. The van der Waals surface area contributed by atoms with E-state index in [1.165, 1.54) is 6.20 Å². The number of hydrogen-bond acceptors (Lipinski definition) is 4. The molecule has 0 saturated heterocycles. The van der Waals surface area contributed by atoms with E-state index >= 15 is 0 Å². The fraction of sp³-hybridized carbons (Fsp3) is 0.190. The van der Waals surface area contributed by atoms with E-state index in [1.54, 1.807) is 6.20 Å². The summed E-state index contributed by atoms with van der Waals surface area (Å²) in [5.74, 6) is 0.392. The van der Waals surface area contributed by atoms with Gasteiger partial charge >= 0.3 is 0 Å². The number of amides is 1. The van der Waals surface area contributed by atoms with Crippen molar-refractivity contribution < 1.29 is 4.79 Å². The molecule has 0 aliphatic rings. The molecule has 3 aromatic rings. The standard InChI is InChI=1S/C21H21ClN4O/c1-15-5-2-3-7-17(15)12-26-21(27)19-13-25-20(14-24-19)23-10-9-16-6-4-8-18(22)11-16/h2-8,11,13-14H,9-10,12H2,1H3,(H,23,25)(H,26,27). The minimum atomic E-state index is -0.240. The van der Waals surface area contributed by atoms with Gasteiger partial charge in [-0.25, -0.2) is 9.97 Å². The molecule has 138 valence electrons. The highest BCUT2D eigenvalue weighted by atomic mass is 35.5. The van der Waals surface area contributed by atoms with E-state index in [9.17, 15) is 4.79 Å². The van der Waals surface area contributed by atoms with Crippen LogP contribution in [0.1, 0.15) is 27.2 Å². The Labute approximate surface area is 163 Å². The Bertz CT molecular complexity index is 912. The molecule has 1 amide bonds. The van der Waals surface area contributed by atoms with Crippen molar-refractivity contribution in [1.29, 1.82) is 0 Å². The molecule has 1 heterocycles. The highest BCUT2D eigenvalue weighted by Gasteiger charge is 2.08. The normalized spacial score (nSPS) is 10.4. The molecule has 0 fully saturated rings. The average Bonchev–Trinajstić information content (AvgIpc) is 2.68. The number of anilines is 1. The molecule has 0 bridgehead atoms. The van der Waals surface area contributed by atoms with Gasteiger partial charge in [-0.05, 0) is 42.2 Å². The molecule has 5 nitrogen and oxygen atoms in total. The molecular formula is C21H21ClN4O. The molecule has 3 rings (SSSR count). The second-order valence-corrected chi connectivity index (χ2v) is 6.64. The molecule has 0 radical (unpaired) electrons. The van der Waals surface area contributed by atoms with E-state index in [4.69, 9.17) is 11.6 Å². The Kier molecular flexibility index (Phi) is 6.39. The van der Waals surface area contributed by atoms with Crippen molar-refractivity contribution in [2.24, 2.45) is 0 Å². The van der Waals surface area contributed by atoms with Crippen LogP contribution in [-0.4, -0.2) is 22.4 Å². The number of nitrogens with one attached hydrogen (secondary N) is 2. The van der Waals surface area contributed by atoms with Crippen LogP contribution >= 0.6 is 11.6 Å². The molecule has 2 N–H and O–H groups in total. The number of carbonyl (C=O) groups is 1. The first kappa shape index (κ1) is 18.9. The highest BCUT2D eigenvalue weighted by Crippen LogP contribution is 2.11. The van der Waals surface area contributed by atoms with Crippen LogP contribution in [0.4, 0.5) is 5.82 Å². The Hall–Kier alpha value is -2.92. The van der Waals surface area contributed by atoms with Gasteiger partial charge in [0.1, 0.15) is 11.5 Å². The average molecular weight is 381 g/mol. The fourth-order valence-electron chi connectivity index (χ4n) is 2.64. The quantitative estimate of drug-likeness (QED) is 0.649. The number of aromatic nitrogens is 2. The summed E-state index contributed by atoms with van der Waals surface area (Å²) in [6.07, 6.45) is 3.87. The first-order valence-electron chi connectivity index (χ1n) is 8.75. The van der Waals surface area contributed by atoms with E-state index < -0.39 is 0 Å². The lowest BCUT2D eigenvalue weighted by atomic mass is 10.1. The summed E-state index contributed by atoms with van der Waals surface area (Å²) in [4.78, 5) is 20.7. The van der Waals surface area contributed by atoms with E-state index in [-0.39, 0.29) is 5.91 Å². The van der Waals surface area contributed by atoms with E-state index in [0.29, 0.717) is 24.6 Å². The number of nitrogens with zero attached hydrogens (tertiary/aromatic N) is 2. The summed E-state index contributed by atoms with van der Waals surface area (Å²) in [5.41, 5.74) is 3.67. The predicted octanol–water partition coefficient (Wildman–Crippen LogP) is 4.02. The van der Waals surface area contributed by atoms with Crippen LogP contribution in [0, 0.1) is 6.92 Å². The molecule has 0 saturated carbocycles. The predicted molar refractivity (Wildman–Crippen MR) is 108 cm³/mol. The van der Waals surface area contributed by atoms with Gasteiger partial charge in [-0.2, -0.15) is 0 Å². The molecule has 6 heteroatoms. The number of aryl methyl sites for hydroxylation is 1. The van der Waals surface area contributed by atoms with Crippen molar-refractivity contribution in [2.45, 2.75) is 19.9 Å². The van der Waals surface area contributed by atoms with Crippen LogP contribution in [0.2, 0.25) is 5.02 Å². The molecule has 0 aliphatic carbocycles. The van der Waals surface area contributed by atoms with Crippen molar-refractivity contribution >= 4 is 23.3 Å². The minimum Gasteiger partial charge on any atom is -0.368 e. The van der Waals surface area contributed by atoms with Crippen LogP contribution < -0.4 is 10.6 Å². The zero-order valence-electron chi connectivity index (χ0n) is 15.1. The van der Waals surface area contributed by atoms with Crippen LogP contribution in [-0.2, 0) is 13.0 Å². The zero-order chi connectivity index (χ0) is 19.1. The van der Waals surface area contributed by atoms with Gasteiger partial charge in [0.05, 0.1) is 12.4 Å². The number of carbonyl (C=O) groups excluding carboxylic acids is 1. The molecule has 1 aromatic heterocycles. The highest BCUT2D eigenvalue weighted by molar-refractivity contribution is 6.30. The van der Waals surface area contributed by atoms with Gasteiger partial charge in [0.15, 0.2) is 0 Å². The summed E-state index contributed by atoms with van der Waals surface area (Å²) in [5, 5.41) is 6.80. The lowest BCUT2D eigenvalue weighted by molar-refractivity contribution is 0.0945. The van der Waals surface area contributed by atoms with Crippen molar-refractivity contribution in [3.8, 4) is 0 Å². The first-order chi connectivity index (χ1) is 13.1. The molecule has 0 unspecified atom stereocenters. The van der Waals surface area contributed by atoms with Crippen molar-refractivity contribution in [2.75, 3.05) is 11.9 Å². The minimum absolute atomic E-state index is 0.240. The van der Waals surface area contributed by atoms with Gasteiger partial charge in [0, 0.05) is 18.1 Å². The number of rotatable bonds is 7. The third kappa shape index (κ3) is 5.53. The van der Waals surface area contributed by atoms with Gasteiger partial charge < -0.3 is 10.6 Å². The van der Waals surface area contributed by atoms with Crippen LogP contribution in [0.3, 0.4) is 0 Å². The van der Waals surface area contributed by atoms with Crippen molar-refractivity contribution in [3.05, 3.63) is 88.3 Å². The second-order valence-electron chi connectivity index (χ2n) is 6.20. The van der Waals surface area contributed by atoms with Crippen LogP contribution in [0.5, 0.6) is 0 Å². The third-order valence-corrected chi connectivity index (χ3v) is 4.43. The monoisotopic (exact) mass is 380 g/mol. The molecular weight excluding hydrogens is 360 g/mol. The van der Waals surface area contributed by atoms with Gasteiger partial charge in [0.25, 0.3) is 5.91 Å². The number of halogens is 1. The van der Waals surface area contributed by atoms with E-state index in [1.807, 2.05) is 55.5 Å².